The summed E-state index contributed by atoms with van der Waals surface area (Å²) in [5, 5.41) is 12.4. The summed E-state index contributed by atoms with van der Waals surface area (Å²) in [4.78, 5) is 41.3. The fourth-order valence-corrected chi connectivity index (χ4v) is 7.32. The summed E-state index contributed by atoms with van der Waals surface area (Å²) in [6.07, 6.45) is 2.36. The Morgan fingerprint density at radius 2 is 1.70 bits per heavy atom. The monoisotopic (exact) mass is 576 g/mol. The topological polar surface area (TPSA) is 127 Å². The van der Waals surface area contributed by atoms with E-state index in [1.165, 1.54) is 18.2 Å². The lowest BCUT2D eigenvalue weighted by Crippen LogP contribution is -2.51. The molecule has 0 aliphatic carbocycles. The minimum absolute atomic E-state index is 0.0245. The van der Waals surface area contributed by atoms with Gasteiger partial charge < -0.3 is 20.2 Å². The van der Waals surface area contributed by atoms with E-state index in [0.717, 1.165) is 23.7 Å². The van der Waals surface area contributed by atoms with E-state index in [-0.39, 0.29) is 46.7 Å². The van der Waals surface area contributed by atoms with Crippen LogP contribution in [0.4, 0.5) is 0 Å². The van der Waals surface area contributed by atoms with Crippen molar-refractivity contribution in [3.05, 3.63) is 28.2 Å². The number of carboxylic acids is 1. The van der Waals surface area contributed by atoms with E-state index in [4.69, 9.17) is 23.2 Å². The molecule has 2 saturated heterocycles. The van der Waals surface area contributed by atoms with Gasteiger partial charge in [0.1, 0.15) is 12.1 Å². The van der Waals surface area contributed by atoms with Crippen LogP contribution >= 0.6 is 23.2 Å². The molecule has 2 heterocycles. The van der Waals surface area contributed by atoms with E-state index in [1.54, 1.807) is 4.90 Å². The van der Waals surface area contributed by atoms with Crippen molar-refractivity contribution < 1.29 is 27.9 Å². The van der Waals surface area contributed by atoms with Crippen LogP contribution in [-0.2, 0) is 24.4 Å². The van der Waals surface area contributed by atoms with Crippen molar-refractivity contribution in [1.29, 1.82) is 0 Å². The Labute approximate surface area is 227 Å². The molecule has 0 unspecified atom stereocenters. The van der Waals surface area contributed by atoms with E-state index < -0.39 is 34.0 Å². The molecule has 1 aromatic carbocycles. The Bertz CT molecular complexity index is 1090. The third-order valence-corrected chi connectivity index (χ3v) is 9.12. The minimum atomic E-state index is -4.09. The highest BCUT2D eigenvalue weighted by atomic mass is 35.5. The van der Waals surface area contributed by atoms with Crippen molar-refractivity contribution in [1.82, 2.24) is 19.4 Å². The number of amides is 2. The van der Waals surface area contributed by atoms with Crippen molar-refractivity contribution in [2.24, 2.45) is 5.92 Å². The molecule has 2 amide bonds. The molecule has 0 spiro atoms. The van der Waals surface area contributed by atoms with Gasteiger partial charge in [-0.05, 0) is 70.3 Å². The molecule has 10 nitrogen and oxygen atoms in total. The summed E-state index contributed by atoms with van der Waals surface area (Å²) in [6.45, 7) is 2.33. The number of carboxylic acid groups (broad SMARTS) is 1. The summed E-state index contributed by atoms with van der Waals surface area (Å²) in [6, 6.07) is 1.53. The van der Waals surface area contributed by atoms with Gasteiger partial charge in [0.2, 0.25) is 21.8 Å². The number of carbonyl (C=O) groups is 3. The first-order valence-electron chi connectivity index (χ1n) is 12.3. The number of sulfonamides is 1. The maximum Gasteiger partial charge on any atom is 0.326 e. The molecule has 3 rings (SSSR count). The number of nitrogens with one attached hydrogen (secondary N) is 1. The zero-order valence-corrected chi connectivity index (χ0v) is 23.4. The lowest BCUT2D eigenvalue weighted by atomic mass is 9.96. The molecular weight excluding hydrogens is 543 g/mol. The standard InChI is InChI=1S/C24H34Cl2N4O6S/c1-28(2)15-16-7-10-29(11-8-16)22(31)6-5-20(24(33)34)27-23(32)21-4-3-9-30(21)37(35,36)19-13-17(25)12-18(26)14-19/h12-14,16,20-21H,3-11,15H2,1-2H3,(H,27,32)(H,33,34)/t20-,21+/m0/s1. The van der Waals surface area contributed by atoms with Crippen molar-refractivity contribution in [3.8, 4) is 0 Å². The number of piperidine rings is 1. The predicted octanol–water partition coefficient (Wildman–Crippen LogP) is 2.30. The van der Waals surface area contributed by atoms with E-state index in [0.29, 0.717) is 25.4 Å². The molecule has 0 bridgehead atoms. The van der Waals surface area contributed by atoms with Crippen LogP contribution in [0.1, 0.15) is 38.5 Å². The summed E-state index contributed by atoms with van der Waals surface area (Å²) in [5.74, 6) is -1.61. The zero-order chi connectivity index (χ0) is 27.3. The Hall–Kier alpha value is -1.92. The van der Waals surface area contributed by atoms with Crippen molar-refractivity contribution >= 4 is 51.0 Å². The Kier molecular flexibility index (Phi) is 10.2. The highest BCUT2D eigenvalue weighted by Gasteiger charge is 2.40. The van der Waals surface area contributed by atoms with Crippen LogP contribution in [0.25, 0.3) is 0 Å². The molecule has 0 saturated carbocycles. The number of halogens is 2. The number of likely N-dealkylation sites (tertiary alicyclic amines) is 1. The Balaban J connectivity index is 1.59. The van der Waals surface area contributed by atoms with Gasteiger partial charge in [-0.1, -0.05) is 23.2 Å². The summed E-state index contributed by atoms with van der Waals surface area (Å²) in [5.41, 5.74) is 0. The first-order chi connectivity index (χ1) is 17.4. The van der Waals surface area contributed by atoms with Crippen molar-refractivity contribution in [3.63, 3.8) is 0 Å². The summed E-state index contributed by atoms with van der Waals surface area (Å²) in [7, 11) is -0.0564. The molecule has 206 valence electrons. The van der Waals surface area contributed by atoms with Crippen LogP contribution in [0, 0.1) is 5.92 Å². The van der Waals surface area contributed by atoms with Gasteiger partial charge in [-0.15, -0.1) is 0 Å². The van der Waals surface area contributed by atoms with E-state index in [9.17, 15) is 27.9 Å². The van der Waals surface area contributed by atoms with Gasteiger partial charge in [-0.25, -0.2) is 13.2 Å². The fraction of sp³-hybridized carbons (Fsp3) is 0.625. The summed E-state index contributed by atoms with van der Waals surface area (Å²) >= 11 is 11.9. The van der Waals surface area contributed by atoms with Gasteiger partial charge in [-0.2, -0.15) is 4.31 Å². The lowest BCUT2D eigenvalue weighted by Gasteiger charge is -2.33. The van der Waals surface area contributed by atoms with Gasteiger partial charge in [0.15, 0.2) is 0 Å². The molecule has 2 fully saturated rings. The molecular formula is C24H34Cl2N4O6S. The number of aliphatic carboxylic acids is 1. The first-order valence-corrected chi connectivity index (χ1v) is 14.5. The largest absolute Gasteiger partial charge is 0.480 e. The van der Waals surface area contributed by atoms with Crippen LogP contribution in [0.2, 0.25) is 10.0 Å². The Morgan fingerprint density at radius 3 is 2.27 bits per heavy atom. The van der Waals surface area contributed by atoms with Crippen LogP contribution in [0.15, 0.2) is 23.1 Å². The van der Waals surface area contributed by atoms with Crippen molar-refractivity contribution in [2.75, 3.05) is 40.3 Å². The Morgan fingerprint density at radius 1 is 1.08 bits per heavy atom. The van der Waals surface area contributed by atoms with E-state index in [2.05, 4.69) is 10.2 Å². The number of benzene rings is 1. The number of hydrogen-bond acceptors (Lipinski definition) is 6. The molecule has 2 atom stereocenters. The molecule has 2 N–H and O–H groups in total. The lowest BCUT2D eigenvalue weighted by molar-refractivity contribution is -0.143. The average Bonchev–Trinajstić information content (AvgIpc) is 3.32. The quantitative estimate of drug-likeness (QED) is 0.437. The molecule has 1 aromatic rings. The highest BCUT2D eigenvalue weighted by molar-refractivity contribution is 7.89. The predicted molar refractivity (Wildman–Crippen MR) is 140 cm³/mol. The fourth-order valence-electron chi connectivity index (χ4n) is 4.94. The van der Waals surface area contributed by atoms with Gasteiger partial charge in [0.25, 0.3) is 0 Å². The molecule has 0 radical (unpaired) electrons. The third-order valence-electron chi connectivity index (χ3n) is 6.80. The average molecular weight is 578 g/mol. The van der Waals surface area contributed by atoms with Crippen LogP contribution in [0.3, 0.4) is 0 Å². The second kappa shape index (κ2) is 12.8. The maximum atomic E-state index is 13.2. The number of nitrogens with zero attached hydrogens (tertiary/aromatic N) is 3. The molecule has 2 aliphatic rings. The SMILES string of the molecule is CN(C)CC1CCN(C(=O)CC[C@H](NC(=O)[C@H]2CCCN2S(=O)(=O)c2cc(Cl)cc(Cl)c2)C(=O)O)CC1. The van der Waals surface area contributed by atoms with E-state index >= 15 is 0 Å². The maximum absolute atomic E-state index is 13.2. The van der Waals surface area contributed by atoms with Gasteiger partial charge in [0, 0.05) is 42.6 Å². The minimum Gasteiger partial charge on any atom is -0.480 e. The second-order valence-corrected chi connectivity index (χ2v) is 12.7. The molecule has 0 aromatic heterocycles. The first kappa shape index (κ1) is 29.6. The molecule has 2 aliphatic heterocycles. The van der Waals surface area contributed by atoms with Crippen molar-refractivity contribution in [2.45, 2.75) is 55.5 Å². The van der Waals surface area contributed by atoms with E-state index in [1.807, 2.05) is 14.1 Å². The molecule has 37 heavy (non-hydrogen) atoms. The van der Waals surface area contributed by atoms with Gasteiger partial charge in [-0.3, -0.25) is 9.59 Å². The van der Waals surface area contributed by atoms with Crippen LogP contribution < -0.4 is 5.32 Å². The van der Waals surface area contributed by atoms with Gasteiger partial charge in [0.05, 0.1) is 4.90 Å². The highest BCUT2D eigenvalue weighted by Crippen LogP contribution is 2.30. The number of hydrogen-bond donors (Lipinski definition) is 2. The molecule has 13 heteroatoms. The third kappa shape index (κ3) is 7.79. The second-order valence-electron chi connectivity index (χ2n) is 9.90. The smallest absolute Gasteiger partial charge is 0.326 e. The zero-order valence-electron chi connectivity index (χ0n) is 21.0. The normalized spacial score (nSPS) is 20.2. The number of rotatable bonds is 10. The number of carbonyl (C=O) groups excluding carboxylic acids is 2. The van der Waals surface area contributed by atoms with Crippen LogP contribution in [-0.4, -0.2) is 97.8 Å². The van der Waals surface area contributed by atoms with Gasteiger partial charge >= 0.3 is 5.97 Å². The van der Waals surface area contributed by atoms with Crippen LogP contribution in [0.5, 0.6) is 0 Å². The summed E-state index contributed by atoms with van der Waals surface area (Å²) < 4.78 is 27.5.